The lowest BCUT2D eigenvalue weighted by atomic mass is 9.91. The first-order valence-electron chi connectivity index (χ1n) is 11.0. The third-order valence-corrected chi connectivity index (χ3v) is 6.46. The highest BCUT2D eigenvalue weighted by atomic mass is 16.5. The van der Waals surface area contributed by atoms with Crippen molar-refractivity contribution in [1.82, 2.24) is 9.47 Å². The average molecular weight is 417 g/mol. The van der Waals surface area contributed by atoms with Crippen LogP contribution in [-0.2, 0) is 13.6 Å². The Labute approximate surface area is 182 Å². The molecule has 2 aliphatic rings. The van der Waals surface area contributed by atoms with Crippen molar-refractivity contribution in [3.63, 3.8) is 0 Å². The molecule has 2 aromatic carbocycles. The zero-order valence-electron chi connectivity index (χ0n) is 18.3. The van der Waals surface area contributed by atoms with E-state index in [2.05, 4.69) is 24.8 Å². The Morgan fingerprint density at radius 1 is 1.13 bits per heavy atom. The number of ketones is 1. The number of piperidine rings is 1. The van der Waals surface area contributed by atoms with E-state index in [1.807, 2.05) is 42.1 Å². The topological polar surface area (TPSA) is 54.7 Å². The van der Waals surface area contributed by atoms with Crippen LogP contribution in [0.25, 0.3) is 17.0 Å². The Balaban J connectivity index is 1.49. The molecule has 31 heavy (non-hydrogen) atoms. The smallest absolute Gasteiger partial charge is 0.231 e. The van der Waals surface area contributed by atoms with Crippen molar-refractivity contribution in [3.05, 3.63) is 65.0 Å². The van der Waals surface area contributed by atoms with Crippen LogP contribution in [0.1, 0.15) is 41.8 Å². The molecule has 0 bridgehead atoms. The fourth-order valence-corrected chi connectivity index (χ4v) is 5.22. The molecule has 1 saturated heterocycles. The van der Waals surface area contributed by atoms with E-state index < -0.39 is 0 Å². The molecular weight excluding hydrogens is 388 g/mol. The molecule has 3 aromatic rings. The molecule has 1 fully saturated rings. The minimum absolute atomic E-state index is 0.135. The number of ether oxygens (including phenoxy) is 1. The molecule has 1 aromatic heterocycles. The maximum Gasteiger partial charge on any atom is 0.231 e. The number of fused-ring (bicyclic) bond motifs is 2. The molecule has 2 aliphatic heterocycles. The van der Waals surface area contributed by atoms with Gasteiger partial charge in [-0.25, -0.2) is 0 Å². The molecule has 0 saturated carbocycles. The molecule has 2 atom stereocenters. The van der Waals surface area contributed by atoms with Crippen molar-refractivity contribution in [2.24, 2.45) is 18.9 Å². The second-order valence-corrected chi connectivity index (χ2v) is 9.23. The Bertz CT molecular complexity index is 1200. The molecule has 0 unspecified atom stereocenters. The van der Waals surface area contributed by atoms with Crippen LogP contribution in [0.5, 0.6) is 11.5 Å². The van der Waals surface area contributed by atoms with Crippen LogP contribution in [-0.4, -0.2) is 33.4 Å². The number of hydrogen-bond acceptors (Lipinski definition) is 4. The summed E-state index contributed by atoms with van der Waals surface area (Å²) in [6, 6.07) is 11.4. The third kappa shape index (κ3) is 3.53. The second kappa shape index (κ2) is 7.57. The third-order valence-electron chi connectivity index (χ3n) is 6.46. The van der Waals surface area contributed by atoms with Crippen molar-refractivity contribution >= 4 is 22.8 Å². The predicted molar refractivity (Wildman–Crippen MR) is 122 cm³/mol. The van der Waals surface area contributed by atoms with Crippen molar-refractivity contribution in [2.45, 2.75) is 26.8 Å². The van der Waals surface area contributed by atoms with Crippen LogP contribution in [0.3, 0.4) is 0 Å². The van der Waals surface area contributed by atoms with Crippen molar-refractivity contribution in [1.29, 1.82) is 0 Å². The van der Waals surface area contributed by atoms with Gasteiger partial charge in [0, 0.05) is 49.3 Å². The largest absolute Gasteiger partial charge is 0.507 e. The molecule has 5 nitrogen and oxygen atoms in total. The molecule has 5 heteroatoms. The number of likely N-dealkylation sites (tertiary alicyclic amines) is 1. The summed E-state index contributed by atoms with van der Waals surface area (Å²) < 4.78 is 8.15. The fourth-order valence-electron chi connectivity index (χ4n) is 5.22. The lowest BCUT2D eigenvalue weighted by Crippen LogP contribution is -2.38. The van der Waals surface area contributed by atoms with Gasteiger partial charge < -0.3 is 14.4 Å². The summed E-state index contributed by atoms with van der Waals surface area (Å²) in [5.74, 6) is 2.09. The van der Waals surface area contributed by atoms with Crippen molar-refractivity contribution < 1.29 is 14.6 Å². The number of phenols is 1. The van der Waals surface area contributed by atoms with Gasteiger partial charge in [0.25, 0.3) is 0 Å². The zero-order chi connectivity index (χ0) is 21.7. The van der Waals surface area contributed by atoms with Gasteiger partial charge in [-0.05, 0) is 42.5 Å². The number of carbonyl (C=O) groups is 1. The van der Waals surface area contributed by atoms with Gasteiger partial charge in [-0.1, -0.05) is 32.0 Å². The van der Waals surface area contributed by atoms with Gasteiger partial charge in [0.1, 0.15) is 11.5 Å². The number of aromatic nitrogens is 1. The van der Waals surface area contributed by atoms with E-state index in [1.165, 1.54) is 6.42 Å². The van der Waals surface area contributed by atoms with E-state index in [0.29, 0.717) is 41.0 Å². The number of rotatable bonds is 3. The average Bonchev–Trinajstić information content (AvgIpc) is 3.21. The molecule has 160 valence electrons. The quantitative estimate of drug-likeness (QED) is 0.612. The molecule has 0 radical (unpaired) electrons. The van der Waals surface area contributed by atoms with Gasteiger partial charge in [-0.2, -0.15) is 0 Å². The summed E-state index contributed by atoms with van der Waals surface area (Å²) in [6.45, 7) is 7.09. The van der Waals surface area contributed by atoms with E-state index in [-0.39, 0.29) is 11.5 Å². The number of aryl methyl sites for hydroxylation is 1. The van der Waals surface area contributed by atoms with Crippen LogP contribution >= 0.6 is 0 Å². The van der Waals surface area contributed by atoms with Crippen LogP contribution in [0.4, 0.5) is 0 Å². The first-order valence-corrected chi connectivity index (χ1v) is 11.0. The van der Waals surface area contributed by atoms with Gasteiger partial charge in [-0.3, -0.25) is 9.69 Å². The maximum atomic E-state index is 13.1. The molecular formula is C26H28N2O3. The van der Waals surface area contributed by atoms with Crippen LogP contribution in [0.2, 0.25) is 0 Å². The molecule has 3 heterocycles. The number of allylic oxidation sites excluding steroid dienone is 1. The standard InChI is InChI=1S/C26H28N2O3/c1-16-10-17(2)13-28(12-16)15-21-23(29)9-8-20-25(30)24(31-26(20)21)11-18-14-27(3)22-7-5-4-6-19(18)22/h4-9,11,14,16-17,29H,10,12-13,15H2,1-3H3/b24-11-/t16-,17+. The van der Waals surface area contributed by atoms with Crippen molar-refractivity contribution in [3.8, 4) is 11.5 Å². The van der Waals surface area contributed by atoms with E-state index in [0.717, 1.165) is 29.6 Å². The van der Waals surface area contributed by atoms with E-state index >= 15 is 0 Å². The Kier molecular flexibility index (Phi) is 4.86. The number of Topliss-reactive ketones (excluding diaryl/α,β-unsaturated/α-hetero) is 1. The Hall–Kier alpha value is -3.05. The Morgan fingerprint density at radius 3 is 2.65 bits per heavy atom. The minimum atomic E-state index is -0.135. The van der Waals surface area contributed by atoms with Gasteiger partial charge in [0.15, 0.2) is 5.76 Å². The van der Waals surface area contributed by atoms with E-state index in [9.17, 15) is 9.90 Å². The van der Waals surface area contributed by atoms with Gasteiger partial charge in [0.05, 0.1) is 11.1 Å². The van der Waals surface area contributed by atoms with E-state index in [4.69, 9.17) is 4.74 Å². The minimum Gasteiger partial charge on any atom is -0.507 e. The molecule has 0 amide bonds. The summed E-state index contributed by atoms with van der Waals surface area (Å²) in [5.41, 5.74) is 3.27. The van der Waals surface area contributed by atoms with Crippen LogP contribution in [0, 0.1) is 11.8 Å². The number of hydrogen-bond donors (Lipinski definition) is 1. The second-order valence-electron chi connectivity index (χ2n) is 9.23. The SMILES string of the molecule is C[C@@H]1C[C@H](C)CN(Cc2c(O)ccc3c2O/C(=C\c2cn(C)c4ccccc24)C3=O)C1. The maximum absolute atomic E-state index is 13.1. The number of para-hydroxylation sites is 1. The normalized spacial score (nSPS) is 22.8. The highest BCUT2D eigenvalue weighted by molar-refractivity contribution is 6.15. The molecule has 0 spiro atoms. The number of carbonyl (C=O) groups excluding carboxylic acids is 1. The molecule has 1 N–H and O–H groups in total. The number of nitrogens with zero attached hydrogens (tertiary/aromatic N) is 2. The molecule has 0 aliphatic carbocycles. The fraction of sp³-hybridized carbons (Fsp3) is 0.346. The van der Waals surface area contributed by atoms with Crippen molar-refractivity contribution in [2.75, 3.05) is 13.1 Å². The first kappa shape index (κ1) is 19.9. The highest BCUT2D eigenvalue weighted by Gasteiger charge is 2.33. The predicted octanol–water partition coefficient (Wildman–Crippen LogP) is 4.98. The monoisotopic (exact) mass is 416 g/mol. The first-order chi connectivity index (χ1) is 14.9. The molecule has 5 rings (SSSR count). The summed E-state index contributed by atoms with van der Waals surface area (Å²) in [4.78, 5) is 15.5. The number of phenolic OH excluding ortho intramolecular Hbond substituents is 1. The Morgan fingerprint density at radius 2 is 1.87 bits per heavy atom. The van der Waals surface area contributed by atoms with Gasteiger partial charge >= 0.3 is 0 Å². The summed E-state index contributed by atoms with van der Waals surface area (Å²) in [7, 11) is 1.99. The van der Waals surface area contributed by atoms with Gasteiger partial charge in [0.2, 0.25) is 5.78 Å². The summed E-state index contributed by atoms with van der Waals surface area (Å²) >= 11 is 0. The summed E-state index contributed by atoms with van der Waals surface area (Å²) in [6.07, 6.45) is 5.05. The lowest BCUT2D eigenvalue weighted by molar-refractivity contribution is 0.101. The highest BCUT2D eigenvalue weighted by Crippen LogP contribution is 2.41. The van der Waals surface area contributed by atoms with Gasteiger partial charge in [-0.15, -0.1) is 0 Å². The number of aromatic hydroxyl groups is 1. The van der Waals surface area contributed by atoms with E-state index in [1.54, 1.807) is 12.1 Å². The van der Waals surface area contributed by atoms with Crippen LogP contribution in [0.15, 0.2) is 48.4 Å². The van der Waals surface area contributed by atoms with Crippen LogP contribution < -0.4 is 4.74 Å². The lowest BCUT2D eigenvalue weighted by Gasteiger charge is -2.35. The zero-order valence-corrected chi connectivity index (χ0v) is 18.3. The summed E-state index contributed by atoms with van der Waals surface area (Å²) in [5, 5.41) is 11.7. The number of benzene rings is 2.